The van der Waals surface area contributed by atoms with Gasteiger partial charge in [0.1, 0.15) is 34.7 Å². The van der Waals surface area contributed by atoms with Crippen LogP contribution >= 0.6 is 0 Å². The van der Waals surface area contributed by atoms with Gasteiger partial charge < -0.3 is 10.5 Å². The fourth-order valence-electron chi connectivity index (χ4n) is 3.18. The number of hydrogen-bond donors (Lipinski definition) is 1. The van der Waals surface area contributed by atoms with Crippen LogP contribution in [0.25, 0.3) is 11.1 Å². The fourth-order valence-corrected chi connectivity index (χ4v) is 3.55. The summed E-state index contributed by atoms with van der Waals surface area (Å²) < 4.78 is 34.7. The van der Waals surface area contributed by atoms with E-state index in [1.54, 1.807) is 27.1 Å². The smallest absolute Gasteiger partial charge is 0.171 e. The Morgan fingerprint density at radius 2 is 2.16 bits per heavy atom. The highest BCUT2D eigenvalue weighted by Gasteiger charge is 2.24. The SMILES string of the molecule is C=Nc1ccc(F)cc1C(C)Oc1cc(-c2c(N(C)S(C)=O)nn(C)c2C#N)cnc1N. The molecule has 166 valence electrons. The van der Waals surface area contributed by atoms with E-state index < -0.39 is 22.9 Å². The summed E-state index contributed by atoms with van der Waals surface area (Å²) in [5.41, 5.74) is 8.20. The summed E-state index contributed by atoms with van der Waals surface area (Å²) in [6.07, 6.45) is 2.37. The number of hydrogen-bond acceptors (Lipinski definition) is 7. The first kappa shape index (κ1) is 22.9. The van der Waals surface area contributed by atoms with Gasteiger partial charge in [0.15, 0.2) is 17.4 Å². The lowest BCUT2D eigenvalue weighted by Gasteiger charge is -2.19. The first-order chi connectivity index (χ1) is 15.2. The molecule has 32 heavy (non-hydrogen) atoms. The quantitative estimate of drug-likeness (QED) is 0.546. The number of nitrogens with two attached hydrogens (primary N) is 1. The lowest BCUT2D eigenvalue weighted by atomic mass is 10.1. The molecule has 0 amide bonds. The molecule has 9 nitrogen and oxygen atoms in total. The average Bonchev–Trinajstić information content (AvgIpc) is 3.10. The molecule has 3 rings (SSSR count). The van der Waals surface area contributed by atoms with Crippen molar-refractivity contribution < 1.29 is 13.3 Å². The Balaban J connectivity index is 2.08. The molecule has 1 aromatic carbocycles. The molecule has 0 saturated carbocycles. The van der Waals surface area contributed by atoms with Crippen LogP contribution in [0.5, 0.6) is 5.75 Å². The highest BCUT2D eigenvalue weighted by Crippen LogP contribution is 2.38. The number of nitriles is 1. The molecule has 2 heterocycles. The molecule has 0 saturated heterocycles. The number of pyridine rings is 1. The van der Waals surface area contributed by atoms with Gasteiger partial charge in [0.2, 0.25) is 0 Å². The number of halogens is 1. The van der Waals surface area contributed by atoms with E-state index in [1.807, 2.05) is 0 Å². The van der Waals surface area contributed by atoms with Gasteiger partial charge in [0.25, 0.3) is 0 Å². The number of anilines is 2. The Labute approximate surface area is 187 Å². The van der Waals surface area contributed by atoms with Crippen LogP contribution in [0.4, 0.5) is 21.7 Å². The molecule has 2 N–H and O–H groups in total. The zero-order valence-electron chi connectivity index (χ0n) is 18.0. The Hall–Kier alpha value is -3.78. The number of aliphatic imine (C=N–C) groups is 1. The molecule has 11 heteroatoms. The second-order valence-corrected chi connectivity index (χ2v) is 8.33. The van der Waals surface area contributed by atoms with Crippen LogP contribution in [0.15, 0.2) is 35.5 Å². The minimum absolute atomic E-state index is 0.112. The van der Waals surface area contributed by atoms with Crippen molar-refractivity contribution in [2.75, 3.05) is 23.3 Å². The number of rotatable bonds is 7. The first-order valence-electron chi connectivity index (χ1n) is 9.41. The van der Waals surface area contributed by atoms with Crippen molar-refractivity contribution in [2.45, 2.75) is 13.0 Å². The molecule has 0 radical (unpaired) electrons. The van der Waals surface area contributed by atoms with Gasteiger partial charge in [0.05, 0.1) is 11.3 Å². The minimum Gasteiger partial charge on any atom is -0.482 e. The molecule has 2 aromatic heterocycles. The highest BCUT2D eigenvalue weighted by molar-refractivity contribution is 7.85. The summed E-state index contributed by atoms with van der Waals surface area (Å²) in [4.78, 5) is 8.10. The van der Waals surface area contributed by atoms with E-state index >= 15 is 0 Å². The molecule has 0 aliphatic carbocycles. The summed E-state index contributed by atoms with van der Waals surface area (Å²) in [6, 6.07) is 7.85. The predicted octanol–water partition coefficient (Wildman–Crippen LogP) is 3.28. The second-order valence-electron chi connectivity index (χ2n) is 6.93. The molecule has 3 aromatic rings. The number of aromatic nitrogens is 3. The van der Waals surface area contributed by atoms with Gasteiger partial charge in [-0.25, -0.2) is 13.6 Å². The molecule has 0 fully saturated rings. The Morgan fingerprint density at radius 1 is 1.44 bits per heavy atom. The normalized spacial score (nSPS) is 12.6. The zero-order valence-corrected chi connectivity index (χ0v) is 18.9. The average molecular weight is 456 g/mol. The molecule has 0 bridgehead atoms. The third-order valence-corrected chi connectivity index (χ3v) is 5.83. The van der Waals surface area contributed by atoms with Crippen molar-refractivity contribution in [1.29, 1.82) is 5.26 Å². The number of nitrogen functional groups attached to an aromatic ring is 1. The van der Waals surface area contributed by atoms with E-state index in [0.29, 0.717) is 28.2 Å². The maximum absolute atomic E-state index is 13.8. The summed E-state index contributed by atoms with van der Waals surface area (Å²) in [6.45, 7) is 5.23. The van der Waals surface area contributed by atoms with Crippen molar-refractivity contribution in [3.8, 4) is 22.9 Å². The topological polar surface area (TPSA) is 122 Å². The van der Waals surface area contributed by atoms with Crippen LogP contribution in [0.3, 0.4) is 0 Å². The van der Waals surface area contributed by atoms with Crippen molar-refractivity contribution >= 4 is 35.0 Å². The van der Waals surface area contributed by atoms with E-state index in [2.05, 4.69) is 27.9 Å². The monoisotopic (exact) mass is 455 g/mol. The molecule has 2 atom stereocenters. The number of aryl methyl sites for hydroxylation is 1. The lowest BCUT2D eigenvalue weighted by Crippen LogP contribution is -2.20. The van der Waals surface area contributed by atoms with Crippen LogP contribution in [-0.4, -0.2) is 39.0 Å². The lowest BCUT2D eigenvalue weighted by molar-refractivity contribution is 0.228. The first-order valence-corrected chi connectivity index (χ1v) is 10.9. The van der Waals surface area contributed by atoms with Crippen LogP contribution in [-0.2, 0) is 18.0 Å². The fraction of sp³-hybridized carbons (Fsp3) is 0.238. The standard InChI is InChI=1S/C21H22FN7O2S/c1-12(15-9-14(22)6-7-16(15)25-2)31-18-8-13(11-26-20(18)24)19-17(10-23)28(3)27-21(19)29(4)32(5)30/h6-9,11-12H,2H2,1,3-5H3,(H2,24,26). The molecule has 0 aliphatic rings. The Morgan fingerprint density at radius 3 is 2.78 bits per heavy atom. The highest BCUT2D eigenvalue weighted by atomic mass is 32.2. The Kier molecular flexibility index (Phi) is 6.55. The summed E-state index contributed by atoms with van der Waals surface area (Å²) in [7, 11) is 1.86. The third-order valence-electron chi connectivity index (χ3n) is 4.89. The van der Waals surface area contributed by atoms with E-state index in [1.165, 1.54) is 39.6 Å². The molecule has 2 unspecified atom stereocenters. The van der Waals surface area contributed by atoms with E-state index in [4.69, 9.17) is 10.5 Å². The molecule has 0 aliphatic heterocycles. The van der Waals surface area contributed by atoms with Crippen molar-refractivity contribution in [1.82, 2.24) is 14.8 Å². The van der Waals surface area contributed by atoms with Crippen molar-refractivity contribution in [2.24, 2.45) is 12.0 Å². The van der Waals surface area contributed by atoms with Crippen molar-refractivity contribution in [3.05, 3.63) is 47.5 Å². The predicted molar refractivity (Wildman–Crippen MR) is 123 cm³/mol. The van der Waals surface area contributed by atoms with Gasteiger partial charge in [-0.15, -0.1) is 0 Å². The minimum atomic E-state index is -1.37. The van der Waals surface area contributed by atoms with E-state index in [9.17, 15) is 13.9 Å². The van der Waals surface area contributed by atoms with Gasteiger partial charge in [-0.3, -0.25) is 14.0 Å². The maximum atomic E-state index is 13.8. The third kappa shape index (κ3) is 4.31. The molecule has 0 spiro atoms. The second kappa shape index (κ2) is 9.15. The van der Waals surface area contributed by atoms with Crippen LogP contribution < -0.4 is 14.8 Å². The van der Waals surface area contributed by atoms with Crippen LogP contribution in [0.1, 0.15) is 24.3 Å². The van der Waals surface area contributed by atoms with Gasteiger partial charge in [0, 0.05) is 37.7 Å². The van der Waals surface area contributed by atoms with E-state index in [0.717, 1.165) is 0 Å². The summed E-state index contributed by atoms with van der Waals surface area (Å²) in [5, 5.41) is 14.0. The largest absolute Gasteiger partial charge is 0.482 e. The zero-order chi connectivity index (χ0) is 23.6. The number of benzene rings is 1. The van der Waals surface area contributed by atoms with Crippen LogP contribution in [0.2, 0.25) is 0 Å². The van der Waals surface area contributed by atoms with Gasteiger partial charge in [-0.05, 0) is 37.9 Å². The summed E-state index contributed by atoms with van der Waals surface area (Å²) >= 11 is 0. The van der Waals surface area contributed by atoms with Crippen molar-refractivity contribution in [3.63, 3.8) is 0 Å². The molecular weight excluding hydrogens is 433 g/mol. The Bertz CT molecular complexity index is 1250. The van der Waals surface area contributed by atoms with Crippen LogP contribution in [0, 0.1) is 17.1 Å². The van der Waals surface area contributed by atoms with Gasteiger partial charge >= 0.3 is 0 Å². The van der Waals surface area contributed by atoms with E-state index in [-0.39, 0.29) is 17.3 Å². The number of nitrogens with zero attached hydrogens (tertiary/aromatic N) is 6. The molecular formula is C21H22FN7O2S. The number of ether oxygens (including phenoxy) is 1. The summed E-state index contributed by atoms with van der Waals surface area (Å²) in [5.74, 6) is 0.255. The van der Waals surface area contributed by atoms with Gasteiger partial charge in [-0.1, -0.05) is 0 Å². The maximum Gasteiger partial charge on any atom is 0.171 e. The van der Waals surface area contributed by atoms with Gasteiger partial charge in [-0.2, -0.15) is 10.4 Å².